The highest BCUT2D eigenvalue weighted by atomic mass is 35.5. The maximum absolute atomic E-state index is 13.5. The molecule has 0 aromatic heterocycles. The van der Waals surface area contributed by atoms with E-state index in [1.54, 1.807) is 13.0 Å². The van der Waals surface area contributed by atoms with Crippen molar-refractivity contribution in [1.29, 1.82) is 0 Å². The summed E-state index contributed by atoms with van der Waals surface area (Å²) in [4.78, 5) is 0. The molecule has 0 fully saturated rings. The van der Waals surface area contributed by atoms with Gasteiger partial charge in [0.1, 0.15) is 5.82 Å². The molecular weight excluding hydrogens is 352 g/mol. The minimum atomic E-state index is -4.49. The predicted octanol–water partition coefficient (Wildman–Crippen LogP) is 5.62. The highest BCUT2D eigenvalue weighted by molar-refractivity contribution is 7.80. The van der Waals surface area contributed by atoms with Gasteiger partial charge in [-0.05, 0) is 49.5 Å². The topological polar surface area (TPSA) is 24.1 Å². The zero-order valence-corrected chi connectivity index (χ0v) is 13.3. The van der Waals surface area contributed by atoms with Gasteiger partial charge in [0, 0.05) is 11.3 Å². The Kier molecular flexibility index (Phi) is 5.11. The number of halogens is 5. The second-order valence-electron chi connectivity index (χ2n) is 4.68. The van der Waals surface area contributed by atoms with Crippen LogP contribution in [0.25, 0.3) is 0 Å². The van der Waals surface area contributed by atoms with E-state index in [1.807, 2.05) is 0 Å². The van der Waals surface area contributed by atoms with Crippen LogP contribution in [0.3, 0.4) is 0 Å². The Hall–Kier alpha value is -1.86. The molecule has 0 unspecified atom stereocenters. The number of benzene rings is 2. The molecule has 2 aromatic carbocycles. The van der Waals surface area contributed by atoms with Crippen molar-refractivity contribution in [3.05, 3.63) is 58.4 Å². The van der Waals surface area contributed by atoms with Crippen LogP contribution in [0, 0.1) is 12.7 Å². The second-order valence-corrected chi connectivity index (χ2v) is 5.50. The summed E-state index contributed by atoms with van der Waals surface area (Å²) in [5.41, 5.74) is -0.0976. The average molecular weight is 363 g/mol. The molecule has 2 nitrogen and oxygen atoms in total. The van der Waals surface area contributed by atoms with Crippen molar-refractivity contribution in [3.8, 4) is 0 Å². The van der Waals surface area contributed by atoms with Crippen LogP contribution in [0.15, 0.2) is 36.4 Å². The number of alkyl halides is 3. The first-order valence-electron chi connectivity index (χ1n) is 6.38. The van der Waals surface area contributed by atoms with Crippen LogP contribution in [0.5, 0.6) is 0 Å². The van der Waals surface area contributed by atoms with Crippen LogP contribution in [0.4, 0.5) is 28.9 Å². The Morgan fingerprint density at radius 2 is 1.74 bits per heavy atom. The number of rotatable bonds is 2. The van der Waals surface area contributed by atoms with E-state index in [4.69, 9.17) is 23.8 Å². The first-order valence-corrected chi connectivity index (χ1v) is 7.17. The van der Waals surface area contributed by atoms with E-state index in [-0.39, 0.29) is 15.8 Å². The molecular formula is C15H11ClF4N2S. The molecule has 23 heavy (non-hydrogen) atoms. The van der Waals surface area contributed by atoms with Crippen LogP contribution >= 0.6 is 23.8 Å². The molecule has 0 heterocycles. The van der Waals surface area contributed by atoms with Gasteiger partial charge in [-0.1, -0.05) is 17.7 Å². The standard InChI is InChI=1S/C15H11ClF4N2S/c1-8-11(17)3-2-4-12(8)21-14(23)22-13-7-9(15(18,19)20)5-6-10(13)16/h2-7H,1H3,(H2,21,22,23). The highest BCUT2D eigenvalue weighted by Gasteiger charge is 2.31. The number of hydrogen-bond acceptors (Lipinski definition) is 1. The summed E-state index contributed by atoms with van der Waals surface area (Å²) in [6, 6.07) is 7.24. The lowest BCUT2D eigenvalue weighted by Gasteiger charge is -2.15. The lowest BCUT2D eigenvalue weighted by atomic mass is 10.2. The Labute approximate surface area is 140 Å². The van der Waals surface area contributed by atoms with Crippen molar-refractivity contribution >= 4 is 40.3 Å². The van der Waals surface area contributed by atoms with Crippen molar-refractivity contribution in [2.75, 3.05) is 10.6 Å². The lowest BCUT2D eigenvalue weighted by Crippen LogP contribution is -2.20. The lowest BCUT2D eigenvalue weighted by molar-refractivity contribution is -0.137. The van der Waals surface area contributed by atoms with E-state index in [1.165, 1.54) is 12.1 Å². The molecule has 0 amide bonds. The van der Waals surface area contributed by atoms with Crippen LogP contribution in [0.2, 0.25) is 5.02 Å². The molecule has 0 spiro atoms. The number of hydrogen-bond donors (Lipinski definition) is 2. The normalized spacial score (nSPS) is 11.2. The molecule has 0 aliphatic heterocycles. The van der Waals surface area contributed by atoms with Gasteiger partial charge in [0.05, 0.1) is 16.3 Å². The molecule has 2 rings (SSSR count). The molecule has 0 aliphatic rings. The van der Waals surface area contributed by atoms with Gasteiger partial charge in [0.25, 0.3) is 0 Å². The molecule has 0 atom stereocenters. The summed E-state index contributed by atoms with van der Waals surface area (Å²) < 4.78 is 51.6. The Morgan fingerprint density at radius 1 is 1.09 bits per heavy atom. The van der Waals surface area contributed by atoms with Crippen LogP contribution in [-0.2, 0) is 6.18 Å². The van der Waals surface area contributed by atoms with E-state index in [0.717, 1.165) is 18.2 Å². The Bertz CT molecular complexity index is 747. The fraction of sp³-hybridized carbons (Fsp3) is 0.133. The quantitative estimate of drug-likeness (QED) is 0.536. The van der Waals surface area contributed by atoms with Crippen molar-refractivity contribution in [3.63, 3.8) is 0 Å². The fourth-order valence-corrected chi connectivity index (χ4v) is 2.20. The van der Waals surface area contributed by atoms with E-state index in [0.29, 0.717) is 11.3 Å². The fourth-order valence-electron chi connectivity index (χ4n) is 1.82. The van der Waals surface area contributed by atoms with Gasteiger partial charge in [-0.15, -0.1) is 0 Å². The van der Waals surface area contributed by atoms with Crippen LogP contribution < -0.4 is 10.6 Å². The van der Waals surface area contributed by atoms with Crippen molar-refractivity contribution in [2.24, 2.45) is 0 Å². The number of thiocarbonyl (C=S) groups is 1. The maximum Gasteiger partial charge on any atom is 0.416 e. The Morgan fingerprint density at radius 3 is 2.39 bits per heavy atom. The average Bonchev–Trinajstić information content (AvgIpc) is 2.45. The monoisotopic (exact) mass is 362 g/mol. The van der Waals surface area contributed by atoms with E-state index < -0.39 is 17.6 Å². The molecule has 0 aliphatic carbocycles. The molecule has 0 bridgehead atoms. The molecule has 8 heteroatoms. The first kappa shape index (κ1) is 17.5. The van der Waals surface area contributed by atoms with E-state index in [9.17, 15) is 17.6 Å². The third kappa shape index (κ3) is 4.33. The van der Waals surface area contributed by atoms with Gasteiger partial charge in [-0.25, -0.2) is 4.39 Å². The van der Waals surface area contributed by atoms with Crippen molar-refractivity contribution < 1.29 is 17.6 Å². The van der Waals surface area contributed by atoms with E-state index in [2.05, 4.69) is 10.6 Å². The van der Waals surface area contributed by atoms with Crippen LogP contribution in [0.1, 0.15) is 11.1 Å². The maximum atomic E-state index is 13.5. The predicted molar refractivity (Wildman–Crippen MR) is 87.4 cm³/mol. The van der Waals surface area contributed by atoms with Crippen molar-refractivity contribution in [1.82, 2.24) is 0 Å². The highest BCUT2D eigenvalue weighted by Crippen LogP contribution is 2.33. The smallest absolute Gasteiger partial charge is 0.332 e. The van der Waals surface area contributed by atoms with Gasteiger partial charge in [-0.2, -0.15) is 13.2 Å². The second kappa shape index (κ2) is 6.72. The summed E-state index contributed by atoms with van der Waals surface area (Å²) >= 11 is 10.9. The minimum Gasteiger partial charge on any atom is -0.332 e. The SMILES string of the molecule is Cc1c(F)cccc1NC(=S)Nc1cc(C(F)(F)F)ccc1Cl. The summed E-state index contributed by atoms with van der Waals surface area (Å²) in [6.45, 7) is 1.55. The molecule has 0 saturated carbocycles. The van der Waals surface area contributed by atoms with Gasteiger partial charge < -0.3 is 10.6 Å². The van der Waals surface area contributed by atoms with Crippen LogP contribution in [-0.4, -0.2) is 5.11 Å². The molecule has 2 aromatic rings. The van der Waals surface area contributed by atoms with Gasteiger partial charge in [0.2, 0.25) is 0 Å². The number of nitrogens with one attached hydrogen (secondary N) is 2. The van der Waals surface area contributed by atoms with Gasteiger partial charge in [-0.3, -0.25) is 0 Å². The summed E-state index contributed by atoms with van der Waals surface area (Å²) in [5, 5.41) is 5.39. The summed E-state index contributed by atoms with van der Waals surface area (Å²) in [6.07, 6.45) is -4.49. The summed E-state index contributed by atoms with van der Waals surface area (Å²) in [7, 11) is 0. The Balaban J connectivity index is 2.19. The van der Waals surface area contributed by atoms with Crippen molar-refractivity contribution in [2.45, 2.75) is 13.1 Å². The third-order valence-corrected chi connectivity index (χ3v) is 3.59. The minimum absolute atomic E-state index is 0.0000699. The van der Waals surface area contributed by atoms with Gasteiger partial charge >= 0.3 is 6.18 Å². The van der Waals surface area contributed by atoms with Gasteiger partial charge in [0.15, 0.2) is 5.11 Å². The third-order valence-electron chi connectivity index (χ3n) is 3.06. The van der Waals surface area contributed by atoms with E-state index >= 15 is 0 Å². The molecule has 122 valence electrons. The zero-order valence-electron chi connectivity index (χ0n) is 11.8. The largest absolute Gasteiger partial charge is 0.416 e. The summed E-state index contributed by atoms with van der Waals surface area (Å²) in [5.74, 6) is -0.421. The molecule has 0 radical (unpaired) electrons. The number of anilines is 2. The zero-order chi connectivity index (χ0) is 17.2. The first-order chi connectivity index (χ1) is 10.7. The molecule has 0 saturated heterocycles. The molecule has 2 N–H and O–H groups in total.